The summed E-state index contributed by atoms with van der Waals surface area (Å²) in [5.41, 5.74) is 2.17. The summed E-state index contributed by atoms with van der Waals surface area (Å²) < 4.78 is 0. The Morgan fingerprint density at radius 3 is 2.29 bits per heavy atom. The van der Waals surface area contributed by atoms with Gasteiger partial charge < -0.3 is 10.2 Å². The molecule has 0 spiro atoms. The van der Waals surface area contributed by atoms with Crippen molar-refractivity contribution in [2.24, 2.45) is 0 Å². The molecule has 1 fully saturated rings. The van der Waals surface area contributed by atoms with Gasteiger partial charge in [0.1, 0.15) is 0 Å². The van der Waals surface area contributed by atoms with E-state index in [9.17, 15) is 0 Å². The van der Waals surface area contributed by atoms with Crippen molar-refractivity contribution in [3.05, 3.63) is 64.1 Å². The molecule has 1 N–H and O–H groups in total. The van der Waals surface area contributed by atoms with Crippen molar-refractivity contribution in [3.8, 4) is 0 Å². The van der Waals surface area contributed by atoms with E-state index < -0.39 is 0 Å². The van der Waals surface area contributed by atoms with Gasteiger partial charge in [-0.2, -0.15) is 0 Å². The van der Waals surface area contributed by atoms with Crippen LogP contribution in [0.25, 0.3) is 0 Å². The number of thiocarbonyl (C=S) groups is 1. The van der Waals surface area contributed by atoms with Gasteiger partial charge in [0, 0.05) is 48.5 Å². The molecular formula is C18H19Cl2N3S. The highest BCUT2D eigenvalue weighted by Crippen LogP contribution is 2.17. The van der Waals surface area contributed by atoms with E-state index in [-0.39, 0.29) is 0 Å². The molecule has 0 saturated carbocycles. The second kappa shape index (κ2) is 8.17. The van der Waals surface area contributed by atoms with Gasteiger partial charge in [0.2, 0.25) is 0 Å². The standard InChI is InChI=1S/C18H19Cl2N3S/c19-15-4-1-3-14(11-15)13-22-7-9-23(10-8-22)18(24)21-17-6-2-5-16(20)12-17/h1-6,11-12H,7-10,13H2,(H,21,24). The number of rotatable bonds is 3. The average molecular weight is 380 g/mol. The lowest BCUT2D eigenvalue weighted by Crippen LogP contribution is -2.49. The number of hydrogen-bond acceptors (Lipinski definition) is 2. The summed E-state index contributed by atoms with van der Waals surface area (Å²) in [6.07, 6.45) is 0. The molecule has 6 heteroatoms. The van der Waals surface area contributed by atoms with Crippen molar-refractivity contribution in [1.29, 1.82) is 0 Å². The molecule has 1 heterocycles. The van der Waals surface area contributed by atoms with E-state index in [1.807, 2.05) is 42.5 Å². The number of nitrogens with zero attached hydrogens (tertiary/aromatic N) is 2. The molecule has 1 aliphatic heterocycles. The van der Waals surface area contributed by atoms with Crippen molar-refractivity contribution >= 4 is 46.2 Å². The summed E-state index contributed by atoms with van der Waals surface area (Å²) >= 11 is 17.6. The summed E-state index contributed by atoms with van der Waals surface area (Å²) in [6, 6.07) is 15.7. The van der Waals surface area contributed by atoms with Crippen LogP contribution in [0.2, 0.25) is 10.0 Å². The first kappa shape index (κ1) is 17.5. The van der Waals surface area contributed by atoms with Crippen LogP contribution in [0.15, 0.2) is 48.5 Å². The molecule has 0 aliphatic carbocycles. The SMILES string of the molecule is S=C(Nc1cccc(Cl)c1)N1CCN(Cc2cccc(Cl)c2)CC1. The van der Waals surface area contributed by atoms with Crippen LogP contribution < -0.4 is 5.32 Å². The predicted molar refractivity (Wildman–Crippen MR) is 106 cm³/mol. The van der Waals surface area contributed by atoms with Crippen molar-refractivity contribution in [2.75, 3.05) is 31.5 Å². The van der Waals surface area contributed by atoms with Gasteiger partial charge in [0.05, 0.1) is 0 Å². The monoisotopic (exact) mass is 379 g/mol. The van der Waals surface area contributed by atoms with Crippen molar-refractivity contribution < 1.29 is 0 Å². The molecule has 1 saturated heterocycles. The highest BCUT2D eigenvalue weighted by Gasteiger charge is 2.19. The molecule has 0 radical (unpaired) electrons. The number of piperazine rings is 1. The Hall–Kier alpha value is -1.33. The second-order valence-electron chi connectivity index (χ2n) is 5.83. The summed E-state index contributed by atoms with van der Waals surface area (Å²) in [4.78, 5) is 4.62. The molecule has 126 valence electrons. The van der Waals surface area contributed by atoms with Gasteiger partial charge in [0.15, 0.2) is 5.11 Å². The zero-order chi connectivity index (χ0) is 16.9. The van der Waals surface area contributed by atoms with Crippen LogP contribution in [0.1, 0.15) is 5.56 Å². The van der Waals surface area contributed by atoms with Gasteiger partial charge in [0.25, 0.3) is 0 Å². The highest BCUT2D eigenvalue weighted by molar-refractivity contribution is 7.80. The topological polar surface area (TPSA) is 18.5 Å². The van der Waals surface area contributed by atoms with E-state index in [4.69, 9.17) is 35.4 Å². The summed E-state index contributed by atoms with van der Waals surface area (Å²) in [7, 11) is 0. The summed E-state index contributed by atoms with van der Waals surface area (Å²) in [6.45, 7) is 4.69. The number of nitrogens with one attached hydrogen (secondary N) is 1. The molecule has 0 atom stereocenters. The first-order chi connectivity index (χ1) is 11.6. The zero-order valence-corrected chi connectivity index (χ0v) is 15.5. The van der Waals surface area contributed by atoms with Crippen LogP contribution in [-0.4, -0.2) is 41.1 Å². The van der Waals surface area contributed by atoms with Gasteiger partial charge in [-0.05, 0) is 48.1 Å². The zero-order valence-electron chi connectivity index (χ0n) is 13.2. The smallest absolute Gasteiger partial charge is 0.173 e. The van der Waals surface area contributed by atoms with Gasteiger partial charge in [-0.3, -0.25) is 4.90 Å². The maximum atomic E-state index is 6.05. The van der Waals surface area contributed by atoms with Crippen molar-refractivity contribution in [1.82, 2.24) is 9.80 Å². The minimum atomic E-state index is 0.703. The Bertz CT molecular complexity index is 715. The third-order valence-electron chi connectivity index (χ3n) is 4.03. The van der Waals surface area contributed by atoms with Crippen LogP contribution in [0.5, 0.6) is 0 Å². The molecule has 0 bridgehead atoms. The Balaban J connectivity index is 1.50. The van der Waals surface area contributed by atoms with Crippen molar-refractivity contribution in [3.63, 3.8) is 0 Å². The molecule has 1 aliphatic rings. The molecule has 0 amide bonds. The number of halogens is 2. The minimum absolute atomic E-state index is 0.703. The highest BCUT2D eigenvalue weighted by atomic mass is 35.5. The minimum Gasteiger partial charge on any atom is -0.346 e. The maximum absolute atomic E-state index is 6.05. The maximum Gasteiger partial charge on any atom is 0.173 e. The second-order valence-corrected chi connectivity index (χ2v) is 7.09. The fourth-order valence-corrected chi connectivity index (χ4v) is 3.47. The first-order valence-corrected chi connectivity index (χ1v) is 9.05. The molecule has 0 aromatic heterocycles. The lowest BCUT2D eigenvalue weighted by atomic mass is 10.2. The Labute approximate surface area is 158 Å². The Morgan fingerprint density at radius 2 is 1.62 bits per heavy atom. The lowest BCUT2D eigenvalue weighted by Gasteiger charge is -2.36. The van der Waals surface area contributed by atoms with Crippen LogP contribution in [-0.2, 0) is 6.54 Å². The Morgan fingerprint density at radius 1 is 0.958 bits per heavy atom. The van der Waals surface area contributed by atoms with E-state index in [2.05, 4.69) is 21.2 Å². The quantitative estimate of drug-likeness (QED) is 0.790. The van der Waals surface area contributed by atoms with Crippen LogP contribution in [0, 0.1) is 0 Å². The fourth-order valence-electron chi connectivity index (χ4n) is 2.77. The van der Waals surface area contributed by atoms with E-state index in [0.717, 1.165) is 48.5 Å². The molecular weight excluding hydrogens is 361 g/mol. The van der Waals surface area contributed by atoms with Gasteiger partial charge in [-0.15, -0.1) is 0 Å². The van der Waals surface area contributed by atoms with E-state index in [1.54, 1.807) is 0 Å². The molecule has 3 rings (SSSR count). The summed E-state index contributed by atoms with van der Waals surface area (Å²) in [5, 5.41) is 5.50. The van der Waals surface area contributed by atoms with E-state index in [1.165, 1.54) is 5.56 Å². The lowest BCUT2D eigenvalue weighted by molar-refractivity contribution is 0.177. The van der Waals surface area contributed by atoms with E-state index >= 15 is 0 Å². The normalized spacial score (nSPS) is 15.3. The van der Waals surface area contributed by atoms with Crippen LogP contribution in [0.3, 0.4) is 0 Å². The van der Waals surface area contributed by atoms with Crippen LogP contribution in [0.4, 0.5) is 5.69 Å². The number of hydrogen-bond donors (Lipinski definition) is 1. The Kier molecular flexibility index (Phi) is 5.95. The predicted octanol–water partition coefficient (Wildman–Crippen LogP) is 4.51. The average Bonchev–Trinajstić information content (AvgIpc) is 2.55. The van der Waals surface area contributed by atoms with Crippen molar-refractivity contribution in [2.45, 2.75) is 6.54 Å². The van der Waals surface area contributed by atoms with E-state index in [0.29, 0.717) is 5.02 Å². The molecule has 2 aromatic rings. The third-order valence-corrected chi connectivity index (χ3v) is 4.86. The number of anilines is 1. The number of benzene rings is 2. The van der Waals surface area contributed by atoms with Gasteiger partial charge in [-0.1, -0.05) is 41.4 Å². The molecule has 3 nitrogen and oxygen atoms in total. The van der Waals surface area contributed by atoms with Gasteiger partial charge >= 0.3 is 0 Å². The molecule has 24 heavy (non-hydrogen) atoms. The third kappa shape index (κ3) is 4.84. The van der Waals surface area contributed by atoms with Gasteiger partial charge in [-0.25, -0.2) is 0 Å². The molecule has 2 aromatic carbocycles. The fraction of sp³-hybridized carbons (Fsp3) is 0.278. The summed E-state index contributed by atoms with van der Waals surface area (Å²) in [5.74, 6) is 0. The molecule has 0 unspecified atom stereocenters. The van der Waals surface area contributed by atoms with Crippen LogP contribution >= 0.6 is 35.4 Å². The largest absolute Gasteiger partial charge is 0.346 e. The first-order valence-electron chi connectivity index (χ1n) is 7.88.